The lowest BCUT2D eigenvalue weighted by molar-refractivity contribution is -0.254. The van der Waals surface area contributed by atoms with Crippen molar-refractivity contribution in [3.8, 4) is 5.75 Å². The second-order valence-electron chi connectivity index (χ2n) is 5.93. The van der Waals surface area contributed by atoms with Crippen molar-refractivity contribution in [2.24, 2.45) is 0 Å². The van der Waals surface area contributed by atoms with E-state index in [1.807, 2.05) is 6.07 Å². The van der Waals surface area contributed by atoms with Crippen LogP contribution in [0.2, 0.25) is 0 Å². The SMILES string of the molecule is COc1cccc(/C=C2\SC(=S)N(CC(=O)Nc3ccccc3C(=O)[O-])C2=O)c1. The number of ether oxygens (including phenoxy) is 1. The van der Waals surface area contributed by atoms with Gasteiger partial charge in [0.1, 0.15) is 16.6 Å². The van der Waals surface area contributed by atoms with Gasteiger partial charge in [0.2, 0.25) is 5.91 Å². The van der Waals surface area contributed by atoms with Gasteiger partial charge in [0.25, 0.3) is 5.91 Å². The molecule has 1 heterocycles. The Morgan fingerprint density at radius 1 is 1.24 bits per heavy atom. The molecule has 0 saturated carbocycles. The Morgan fingerprint density at radius 2 is 2.00 bits per heavy atom. The van der Waals surface area contributed by atoms with Crippen LogP contribution in [-0.2, 0) is 9.59 Å². The number of para-hydroxylation sites is 1. The fourth-order valence-corrected chi connectivity index (χ4v) is 3.88. The molecule has 0 unspecified atom stereocenters. The molecule has 1 aliphatic rings. The van der Waals surface area contributed by atoms with E-state index in [1.165, 1.54) is 23.1 Å². The number of benzene rings is 2. The van der Waals surface area contributed by atoms with Crippen molar-refractivity contribution >= 4 is 57.8 Å². The Kier molecular flexibility index (Phi) is 6.30. The second-order valence-corrected chi connectivity index (χ2v) is 7.60. The van der Waals surface area contributed by atoms with Gasteiger partial charge in [0.05, 0.1) is 18.0 Å². The number of nitrogens with zero attached hydrogens (tertiary/aromatic N) is 1. The number of methoxy groups -OCH3 is 1. The minimum absolute atomic E-state index is 0.0925. The number of nitrogens with one attached hydrogen (secondary N) is 1. The molecule has 0 atom stereocenters. The Bertz CT molecular complexity index is 1040. The molecule has 7 nitrogen and oxygen atoms in total. The zero-order valence-electron chi connectivity index (χ0n) is 15.2. The highest BCUT2D eigenvalue weighted by molar-refractivity contribution is 8.26. The number of carboxylic acids is 1. The largest absolute Gasteiger partial charge is 0.545 e. The van der Waals surface area contributed by atoms with Crippen LogP contribution < -0.4 is 15.2 Å². The maximum absolute atomic E-state index is 12.7. The Hall–Kier alpha value is -3.17. The summed E-state index contributed by atoms with van der Waals surface area (Å²) in [6.07, 6.45) is 1.67. The predicted molar refractivity (Wildman–Crippen MR) is 112 cm³/mol. The van der Waals surface area contributed by atoms with E-state index in [4.69, 9.17) is 17.0 Å². The lowest BCUT2D eigenvalue weighted by Crippen LogP contribution is -2.36. The summed E-state index contributed by atoms with van der Waals surface area (Å²) in [6, 6.07) is 13.0. The molecule has 148 valence electrons. The van der Waals surface area contributed by atoms with Gasteiger partial charge in [0, 0.05) is 11.3 Å². The van der Waals surface area contributed by atoms with E-state index in [0.717, 1.165) is 17.3 Å². The molecule has 1 N–H and O–H groups in total. The topological polar surface area (TPSA) is 98.8 Å². The lowest BCUT2D eigenvalue weighted by atomic mass is 10.2. The normalized spacial score (nSPS) is 14.9. The van der Waals surface area contributed by atoms with E-state index in [2.05, 4.69) is 5.32 Å². The van der Waals surface area contributed by atoms with E-state index in [0.29, 0.717) is 10.7 Å². The van der Waals surface area contributed by atoms with Crippen LogP contribution in [0.15, 0.2) is 53.4 Å². The number of carboxylic acid groups (broad SMARTS) is 1. The molecule has 29 heavy (non-hydrogen) atoms. The zero-order valence-corrected chi connectivity index (χ0v) is 16.8. The van der Waals surface area contributed by atoms with Gasteiger partial charge in [0.15, 0.2) is 0 Å². The maximum Gasteiger partial charge on any atom is 0.266 e. The van der Waals surface area contributed by atoms with Crippen molar-refractivity contribution in [1.29, 1.82) is 0 Å². The molecule has 0 aliphatic carbocycles. The van der Waals surface area contributed by atoms with E-state index in [-0.39, 0.29) is 22.1 Å². The smallest absolute Gasteiger partial charge is 0.266 e. The van der Waals surface area contributed by atoms with Crippen LogP contribution >= 0.6 is 24.0 Å². The minimum Gasteiger partial charge on any atom is -0.545 e. The average Bonchev–Trinajstić information content (AvgIpc) is 2.95. The van der Waals surface area contributed by atoms with Gasteiger partial charge in [-0.25, -0.2) is 0 Å². The third-order valence-corrected chi connectivity index (χ3v) is 5.37. The van der Waals surface area contributed by atoms with Crippen molar-refractivity contribution in [3.05, 3.63) is 64.6 Å². The number of anilines is 1. The molecule has 0 bridgehead atoms. The van der Waals surface area contributed by atoms with Gasteiger partial charge in [-0.15, -0.1) is 0 Å². The van der Waals surface area contributed by atoms with Crippen LogP contribution in [0.4, 0.5) is 5.69 Å². The second kappa shape index (κ2) is 8.89. The van der Waals surface area contributed by atoms with Crippen LogP contribution in [-0.4, -0.2) is 40.7 Å². The van der Waals surface area contributed by atoms with Crippen molar-refractivity contribution < 1.29 is 24.2 Å². The molecular formula is C20H15N2O5S2-. The van der Waals surface area contributed by atoms with Gasteiger partial charge in [-0.05, 0) is 29.8 Å². The fourth-order valence-electron chi connectivity index (χ4n) is 2.62. The average molecular weight is 427 g/mol. The summed E-state index contributed by atoms with van der Waals surface area (Å²) >= 11 is 6.32. The number of rotatable bonds is 6. The summed E-state index contributed by atoms with van der Waals surface area (Å²) in [5.41, 5.74) is 0.705. The summed E-state index contributed by atoms with van der Waals surface area (Å²) in [4.78, 5) is 37.7. The molecule has 1 saturated heterocycles. The molecule has 1 fully saturated rings. The van der Waals surface area contributed by atoms with Gasteiger partial charge in [-0.3, -0.25) is 14.5 Å². The Labute approximate surface area is 176 Å². The standard InChI is InChI=1S/C20H16N2O5S2/c1-27-13-6-4-5-12(9-13)10-16-18(24)22(20(28)29-16)11-17(23)21-15-8-3-2-7-14(15)19(25)26/h2-10H,11H2,1H3,(H,21,23)(H,25,26)/p-1/b16-10-. The third kappa shape index (κ3) is 4.82. The van der Waals surface area contributed by atoms with Crippen molar-refractivity contribution in [3.63, 3.8) is 0 Å². The molecular weight excluding hydrogens is 412 g/mol. The predicted octanol–water partition coefficient (Wildman–Crippen LogP) is 1.90. The fraction of sp³-hybridized carbons (Fsp3) is 0.100. The van der Waals surface area contributed by atoms with Gasteiger partial charge in [-0.2, -0.15) is 0 Å². The number of thiocarbonyl (C=S) groups is 1. The summed E-state index contributed by atoms with van der Waals surface area (Å²) < 4.78 is 5.41. The highest BCUT2D eigenvalue weighted by Crippen LogP contribution is 2.33. The van der Waals surface area contributed by atoms with Crippen LogP contribution in [0.3, 0.4) is 0 Å². The summed E-state index contributed by atoms with van der Waals surface area (Å²) in [7, 11) is 1.55. The number of hydrogen-bond donors (Lipinski definition) is 1. The van der Waals surface area contributed by atoms with Crippen molar-refractivity contribution in [1.82, 2.24) is 4.90 Å². The Morgan fingerprint density at radius 3 is 2.72 bits per heavy atom. The first-order chi connectivity index (χ1) is 13.9. The van der Waals surface area contributed by atoms with E-state index in [1.54, 1.807) is 37.5 Å². The van der Waals surface area contributed by atoms with Gasteiger partial charge >= 0.3 is 0 Å². The van der Waals surface area contributed by atoms with E-state index < -0.39 is 17.8 Å². The van der Waals surface area contributed by atoms with Gasteiger partial charge in [-0.1, -0.05) is 54.3 Å². The van der Waals surface area contributed by atoms with Crippen LogP contribution in [0, 0.1) is 0 Å². The first-order valence-electron chi connectivity index (χ1n) is 8.38. The quantitative estimate of drug-likeness (QED) is 0.555. The molecule has 9 heteroatoms. The summed E-state index contributed by atoms with van der Waals surface area (Å²) in [5.74, 6) is -1.73. The number of hydrogen-bond acceptors (Lipinski definition) is 7. The highest BCUT2D eigenvalue weighted by atomic mass is 32.2. The number of thioether (sulfide) groups is 1. The molecule has 2 aromatic rings. The summed E-state index contributed by atoms with van der Waals surface area (Å²) in [6.45, 7) is -0.332. The Balaban J connectivity index is 1.72. The third-order valence-electron chi connectivity index (χ3n) is 3.99. The van der Waals surface area contributed by atoms with Crippen molar-refractivity contribution in [2.75, 3.05) is 19.0 Å². The van der Waals surface area contributed by atoms with Crippen LogP contribution in [0.5, 0.6) is 5.75 Å². The zero-order chi connectivity index (χ0) is 21.0. The molecule has 0 radical (unpaired) electrons. The first-order valence-corrected chi connectivity index (χ1v) is 9.61. The highest BCUT2D eigenvalue weighted by Gasteiger charge is 2.33. The molecule has 2 aromatic carbocycles. The number of aromatic carboxylic acids is 1. The molecule has 1 aliphatic heterocycles. The number of carbonyl (C=O) groups is 3. The van der Waals surface area contributed by atoms with E-state index >= 15 is 0 Å². The van der Waals surface area contributed by atoms with Crippen molar-refractivity contribution in [2.45, 2.75) is 0 Å². The molecule has 0 spiro atoms. The minimum atomic E-state index is -1.41. The monoisotopic (exact) mass is 427 g/mol. The van der Waals surface area contributed by atoms with Crippen LogP contribution in [0.25, 0.3) is 6.08 Å². The number of amides is 2. The lowest BCUT2D eigenvalue weighted by Gasteiger charge is -2.16. The van der Waals surface area contributed by atoms with Crippen LogP contribution in [0.1, 0.15) is 15.9 Å². The molecule has 3 rings (SSSR count). The number of carbonyl (C=O) groups excluding carboxylic acids is 3. The first kappa shape index (κ1) is 20.6. The summed E-state index contributed by atoms with van der Waals surface area (Å²) in [5, 5.41) is 13.6. The molecule has 0 aromatic heterocycles. The van der Waals surface area contributed by atoms with E-state index in [9.17, 15) is 19.5 Å². The van der Waals surface area contributed by atoms with Gasteiger partial charge < -0.3 is 20.0 Å². The maximum atomic E-state index is 12.7. The molecule has 2 amide bonds.